The highest BCUT2D eigenvalue weighted by atomic mass is 15.2. The molecule has 3 aromatic heterocycles. The Balaban J connectivity index is 1.42. The van der Waals surface area contributed by atoms with E-state index in [4.69, 9.17) is 22.2 Å². The molecule has 1 saturated carbocycles. The number of pyridine rings is 1. The molecule has 1 aliphatic carbocycles. The Morgan fingerprint density at radius 1 is 1.06 bits per heavy atom. The second-order valence-corrected chi connectivity index (χ2v) is 8.77. The van der Waals surface area contributed by atoms with Crippen molar-refractivity contribution < 1.29 is 0 Å². The number of hydrogen-bond donors (Lipinski definition) is 5. The van der Waals surface area contributed by atoms with E-state index in [9.17, 15) is 0 Å². The zero-order chi connectivity index (χ0) is 22.8. The third kappa shape index (κ3) is 4.30. The molecule has 9 nitrogen and oxygen atoms in total. The van der Waals surface area contributed by atoms with Crippen LogP contribution in [-0.2, 0) is 5.54 Å². The Labute approximate surface area is 192 Å². The second kappa shape index (κ2) is 8.86. The van der Waals surface area contributed by atoms with E-state index >= 15 is 0 Å². The minimum Gasteiger partial charge on any atom is -0.362 e. The normalized spacial score (nSPS) is 21.7. The number of rotatable bonds is 6. The van der Waals surface area contributed by atoms with Gasteiger partial charge in [0.1, 0.15) is 5.82 Å². The van der Waals surface area contributed by atoms with Gasteiger partial charge in [-0.25, -0.2) is 15.0 Å². The first-order valence-electron chi connectivity index (χ1n) is 11.3. The molecule has 33 heavy (non-hydrogen) atoms. The molecule has 0 bridgehead atoms. The third-order valence-electron chi connectivity index (χ3n) is 6.44. The molecule has 9 heteroatoms. The lowest BCUT2D eigenvalue weighted by Gasteiger charge is -2.34. The van der Waals surface area contributed by atoms with Crippen molar-refractivity contribution in [1.82, 2.24) is 25.1 Å². The van der Waals surface area contributed by atoms with Crippen LogP contribution in [0.15, 0.2) is 54.7 Å². The van der Waals surface area contributed by atoms with Gasteiger partial charge in [0.05, 0.1) is 28.4 Å². The summed E-state index contributed by atoms with van der Waals surface area (Å²) in [7, 11) is 0. The monoisotopic (exact) mass is 443 g/mol. The maximum absolute atomic E-state index is 6.63. The molecular weight excluding hydrogens is 414 g/mol. The average Bonchev–Trinajstić information content (AvgIpc) is 3.29. The molecule has 0 saturated heterocycles. The summed E-state index contributed by atoms with van der Waals surface area (Å²) >= 11 is 0. The lowest BCUT2D eigenvalue weighted by Crippen LogP contribution is -2.44. The van der Waals surface area contributed by atoms with Gasteiger partial charge in [-0.15, -0.1) is 0 Å². The first-order valence-corrected chi connectivity index (χ1v) is 11.3. The number of anilines is 1. The summed E-state index contributed by atoms with van der Waals surface area (Å²) in [5.74, 6) is 1.35. The highest BCUT2D eigenvalue weighted by molar-refractivity contribution is 5.89. The number of nitrogens with zero attached hydrogens (tertiary/aromatic N) is 4. The molecule has 0 amide bonds. The SMILES string of the molecule is NCC(Nc1cccc(-c2[nH]nc3nc(C4(N)CCC(N)CC4)ncc23)n1)c1ccccc1. The van der Waals surface area contributed by atoms with Crippen molar-refractivity contribution in [2.75, 3.05) is 11.9 Å². The first kappa shape index (κ1) is 21.4. The molecule has 1 atom stereocenters. The van der Waals surface area contributed by atoms with E-state index in [0.717, 1.165) is 53.8 Å². The van der Waals surface area contributed by atoms with E-state index in [1.807, 2.05) is 36.4 Å². The maximum atomic E-state index is 6.63. The highest BCUT2D eigenvalue weighted by Crippen LogP contribution is 2.34. The molecule has 0 radical (unpaired) electrons. The minimum atomic E-state index is -0.556. The lowest BCUT2D eigenvalue weighted by molar-refractivity contribution is 0.265. The van der Waals surface area contributed by atoms with E-state index in [0.29, 0.717) is 18.0 Å². The smallest absolute Gasteiger partial charge is 0.184 e. The van der Waals surface area contributed by atoms with Gasteiger partial charge in [-0.3, -0.25) is 5.10 Å². The summed E-state index contributed by atoms with van der Waals surface area (Å²) in [6.07, 6.45) is 5.08. The fourth-order valence-corrected chi connectivity index (χ4v) is 4.41. The van der Waals surface area contributed by atoms with E-state index in [1.54, 1.807) is 6.20 Å². The Morgan fingerprint density at radius 2 is 1.85 bits per heavy atom. The van der Waals surface area contributed by atoms with E-state index < -0.39 is 5.54 Å². The zero-order valence-electron chi connectivity index (χ0n) is 18.4. The number of aromatic nitrogens is 5. The molecule has 1 unspecified atom stereocenters. The Morgan fingerprint density at radius 3 is 2.61 bits per heavy atom. The van der Waals surface area contributed by atoms with Crippen molar-refractivity contribution in [3.05, 3.63) is 66.1 Å². The number of hydrogen-bond acceptors (Lipinski definition) is 8. The summed E-state index contributed by atoms with van der Waals surface area (Å²) in [5, 5.41) is 11.7. The van der Waals surface area contributed by atoms with Crippen molar-refractivity contribution >= 4 is 16.9 Å². The minimum absolute atomic E-state index is 0.0392. The molecule has 4 aromatic rings. The van der Waals surface area contributed by atoms with Gasteiger partial charge in [-0.1, -0.05) is 36.4 Å². The van der Waals surface area contributed by atoms with Crippen LogP contribution in [-0.4, -0.2) is 37.7 Å². The molecule has 1 fully saturated rings. The Kier molecular flexibility index (Phi) is 5.76. The predicted molar refractivity (Wildman–Crippen MR) is 129 cm³/mol. The molecule has 3 heterocycles. The van der Waals surface area contributed by atoms with Gasteiger partial charge in [0.15, 0.2) is 11.5 Å². The topological polar surface area (TPSA) is 157 Å². The maximum Gasteiger partial charge on any atom is 0.184 e. The molecule has 1 aromatic carbocycles. The van der Waals surface area contributed by atoms with Crippen molar-refractivity contribution in [1.29, 1.82) is 0 Å². The van der Waals surface area contributed by atoms with Crippen LogP contribution in [0.1, 0.15) is 43.1 Å². The summed E-state index contributed by atoms with van der Waals surface area (Å²) in [5.41, 5.74) is 21.3. The number of benzene rings is 1. The fraction of sp³-hybridized carbons (Fsp3) is 0.333. The molecule has 1 aliphatic rings. The predicted octanol–water partition coefficient (Wildman–Crippen LogP) is 2.58. The van der Waals surface area contributed by atoms with Gasteiger partial charge >= 0.3 is 0 Å². The number of H-pyrrole nitrogens is 1. The summed E-state index contributed by atoms with van der Waals surface area (Å²) in [4.78, 5) is 14.1. The third-order valence-corrected chi connectivity index (χ3v) is 6.44. The fourth-order valence-electron chi connectivity index (χ4n) is 4.41. The quantitative estimate of drug-likeness (QED) is 0.304. The van der Waals surface area contributed by atoms with Gasteiger partial charge in [-0.2, -0.15) is 5.10 Å². The zero-order valence-corrected chi connectivity index (χ0v) is 18.4. The van der Waals surface area contributed by atoms with Crippen LogP contribution < -0.4 is 22.5 Å². The van der Waals surface area contributed by atoms with E-state index in [-0.39, 0.29) is 12.1 Å². The summed E-state index contributed by atoms with van der Waals surface area (Å²) in [6, 6.07) is 16.1. The van der Waals surface area contributed by atoms with Crippen molar-refractivity contribution in [2.24, 2.45) is 17.2 Å². The van der Waals surface area contributed by atoms with Crippen LogP contribution in [0.3, 0.4) is 0 Å². The van der Waals surface area contributed by atoms with Gasteiger partial charge in [0.2, 0.25) is 0 Å². The first-order chi connectivity index (χ1) is 16.1. The summed E-state index contributed by atoms with van der Waals surface area (Å²) < 4.78 is 0. The van der Waals surface area contributed by atoms with Crippen LogP contribution in [0.25, 0.3) is 22.4 Å². The van der Waals surface area contributed by atoms with Crippen LogP contribution >= 0.6 is 0 Å². The average molecular weight is 444 g/mol. The molecule has 0 spiro atoms. The van der Waals surface area contributed by atoms with Crippen molar-refractivity contribution in [3.63, 3.8) is 0 Å². The van der Waals surface area contributed by atoms with Gasteiger partial charge in [0, 0.05) is 18.8 Å². The van der Waals surface area contributed by atoms with Crippen LogP contribution in [0.2, 0.25) is 0 Å². The second-order valence-electron chi connectivity index (χ2n) is 8.77. The number of nitrogens with two attached hydrogens (primary N) is 3. The molecular formula is C24H29N9. The molecule has 5 rings (SSSR count). The van der Waals surface area contributed by atoms with E-state index in [1.165, 1.54) is 0 Å². The van der Waals surface area contributed by atoms with Gasteiger partial charge in [-0.05, 0) is 43.4 Å². The number of fused-ring (bicyclic) bond motifs is 1. The van der Waals surface area contributed by atoms with Crippen LogP contribution in [0, 0.1) is 0 Å². The molecule has 0 aliphatic heterocycles. The largest absolute Gasteiger partial charge is 0.362 e. The highest BCUT2D eigenvalue weighted by Gasteiger charge is 2.35. The van der Waals surface area contributed by atoms with Crippen LogP contribution in [0.4, 0.5) is 5.82 Å². The van der Waals surface area contributed by atoms with Crippen molar-refractivity contribution in [3.8, 4) is 11.4 Å². The number of nitrogens with one attached hydrogen (secondary N) is 2. The van der Waals surface area contributed by atoms with Gasteiger partial charge in [0.25, 0.3) is 0 Å². The number of aromatic amines is 1. The lowest BCUT2D eigenvalue weighted by atomic mass is 9.80. The van der Waals surface area contributed by atoms with Gasteiger partial charge < -0.3 is 22.5 Å². The van der Waals surface area contributed by atoms with E-state index in [2.05, 4.69) is 37.6 Å². The Hall–Kier alpha value is -3.40. The van der Waals surface area contributed by atoms with Crippen molar-refractivity contribution in [2.45, 2.75) is 43.3 Å². The van der Waals surface area contributed by atoms with Crippen LogP contribution in [0.5, 0.6) is 0 Å². The molecule has 8 N–H and O–H groups in total. The summed E-state index contributed by atoms with van der Waals surface area (Å²) in [6.45, 7) is 0.450. The standard InChI is InChI=1S/C24H29N9/c25-13-19(15-5-2-1-3-6-15)30-20-8-4-7-18(29-20)21-17-14-28-23(31-22(17)33-32-21)24(27)11-9-16(26)10-12-24/h1-8,14,16,19H,9-13,25-27H2,(H,29,30)(H,28,31,32,33). The molecule has 170 valence electrons. The Bertz CT molecular complexity index is 1230.